The fraction of sp³-hybridized carbons (Fsp3) is 0.929. The van der Waals surface area contributed by atoms with E-state index in [-0.39, 0.29) is 17.4 Å². The minimum Gasteiger partial charge on any atom is -0.380 e. The monoisotopic (exact) mass is 256 g/mol. The van der Waals surface area contributed by atoms with E-state index in [1.54, 1.807) is 0 Å². The van der Waals surface area contributed by atoms with E-state index in [1.165, 1.54) is 6.42 Å². The van der Waals surface area contributed by atoms with E-state index < -0.39 is 0 Å². The Hall–Kier alpha value is -0.610. The number of hydrogen-bond acceptors (Lipinski definition) is 3. The molecule has 0 bridgehead atoms. The van der Waals surface area contributed by atoms with E-state index in [0.29, 0.717) is 32.1 Å². The summed E-state index contributed by atoms with van der Waals surface area (Å²) in [5.41, 5.74) is 5.86. The minimum atomic E-state index is 0.0806. The molecule has 1 unspecified atom stereocenters. The predicted octanol–water partition coefficient (Wildman–Crippen LogP) is 1.68. The van der Waals surface area contributed by atoms with Crippen LogP contribution in [-0.2, 0) is 9.53 Å². The summed E-state index contributed by atoms with van der Waals surface area (Å²) in [5, 5.41) is 3.09. The summed E-state index contributed by atoms with van der Waals surface area (Å²) in [7, 11) is 0. The normalized spacial score (nSPS) is 19.4. The molecule has 1 aliphatic carbocycles. The van der Waals surface area contributed by atoms with Gasteiger partial charge in [-0.1, -0.05) is 20.3 Å². The lowest BCUT2D eigenvalue weighted by molar-refractivity contribution is -0.126. The van der Waals surface area contributed by atoms with Gasteiger partial charge in [0.2, 0.25) is 5.91 Å². The summed E-state index contributed by atoms with van der Waals surface area (Å²) in [4.78, 5) is 12.1. The average molecular weight is 256 g/mol. The maximum Gasteiger partial charge on any atom is 0.220 e. The lowest BCUT2D eigenvalue weighted by Crippen LogP contribution is -2.47. The van der Waals surface area contributed by atoms with E-state index >= 15 is 0 Å². The molecule has 1 amide bonds. The Morgan fingerprint density at radius 3 is 2.50 bits per heavy atom. The van der Waals surface area contributed by atoms with Crippen LogP contribution in [-0.4, -0.2) is 31.7 Å². The molecule has 18 heavy (non-hydrogen) atoms. The minimum absolute atomic E-state index is 0.0806. The van der Waals surface area contributed by atoms with Crippen LogP contribution in [0.15, 0.2) is 0 Å². The van der Waals surface area contributed by atoms with Gasteiger partial charge in [0.25, 0.3) is 0 Å². The van der Waals surface area contributed by atoms with Crippen LogP contribution in [0.5, 0.6) is 0 Å². The van der Waals surface area contributed by atoms with Gasteiger partial charge in [0.15, 0.2) is 0 Å². The molecule has 0 heterocycles. The molecule has 4 heteroatoms. The Morgan fingerprint density at radius 1 is 1.44 bits per heavy atom. The summed E-state index contributed by atoms with van der Waals surface area (Å²) in [6.45, 7) is 8.08. The van der Waals surface area contributed by atoms with Crippen molar-refractivity contribution < 1.29 is 9.53 Å². The lowest BCUT2D eigenvalue weighted by atomic mass is 9.66. The second kappa shape index (κ2) is 7.10. The topological polar surface area (TPSA) is 64.3 Å². The molecule has 1 saturated carbocycles. The van der Waals surface area contributed by atoms with E-state index in [0.717, 1.165) is 12.8 Å². The molecule has 1 aliphatic rings. The number of rotatable bonds is 8. The molecule has 3 N–H and O–H groups in total. The van der Waals surface area contributed by atoms with Crippen LogP contribution in [0.3, 0.4) is 0 Å². The van der Waals surface area contributed by atoms with Crippen molar-refractivity contribution in [2.45, 2.75) is 52.5 Å². The maximum atomic E-state index is 12.1. The van der Waals surface area contributed by atoms with Gasteiger partial charge in [0, 0.05) is 13.0 Å². The van der Waals surface area contributed by atoms with Gasteiger partial charge in [-0.05, 0) is 37.6 Å². The average Bonchev–Trinajstić information content (AvgIpc) is 2.28. The van der Waals surface area contributed by atoms with Gasteiger partial charge < -0.3 is 15.8 Å². The zero-order chi connectivity index (χ0) is 13.6. The molecule has 0 spiro atoms. The molecule has 0 aliphatic heterocycles. The lowest BCUT2D eigenvalue weighted by Gasteiger charge is -2.40. The molecule has 106 valence electrons. The molecule has 0 aromatic rings. The van der Waals surface area contributed by atoms with Crippen LogP contribution in [0.2, 0.25) is 0 Å². The van der Waals surface area contributed by atoms with Crippen molar-refractivity contribution in [3.8, 4) is 0 Å². The molecule has 4 nitrogen and oxygen atoms in total. The highest BCUT2D eigenvalue weighted by Crippen LogP contribution is 2.42. The van der Waals surface area contributed by atoms with Gasteiger partial charge in [-0.2, -0.15) is 0 Å². The first-order valence-electron chi connectivity index (χ1n) is 7.10. The molecule has 0 aromatic carbocycles. The van der Waals surface area contributed by atoms with Gasteiger partial charge in [0.05, 0.1) is 12.6 Å². The third-order valence-electron chi connectivity index (χ3n) is 4.04. The van der Waals surface area contributed by atoms with E-state index in [2.05, 4.69) is 19.2 Å². The van der Waals surface area contributed by atoms with Crippen molar-refractivity contribution in [2.24, 2.45) is 17.1 Å². The third kappa shape index (κ3) is 4.25. The molecular weight excluding hydrogens is 228 g/mol. The van der Waals surface area contributed by atoms with E-state index in [1.807, 2.05) is 6.92 Å². The van der Waals surface area contributed by atoms with Crippen LogP contribution in [0.25, 0.3) is 0 Å². The Kier molecular flexibility index (Phi) is 6.09. The van der Waals surface area contributed by atoms with Gasteiger partial charge >= 0.3 is 0 Å². The summed E-state index contributed by atoms with van der Waals surface area (Å²) < 4.78 is 5.42. The summed E-state index contributed by atoms with van der Waals surface area (Å²) in [6, 6.07) is 0.104. The highest BCUT2D eigenvalue weighted by atomic mass is 16.5. The largest absolute Gasteiger partial charge is 0.380 e. The van der Waals surface area contributed by atoms with E-state index in [9.17, 15) is 4.79 Å². The number of ether oxygens (including phenoxy) is 1. The van der Waals surface area contributed by atoms with Crippen LogP contribution in [0, 0.1) is 11.3 Å². The smallest absolute Gasteiger partial charge is 0.220 e. The molecular formula is C14H28N2O2. The molecule has 0 aromatic heterocycles. The van der Waals surface area contributed by atoms with Crippen LogP contribution < -0.4 is 11.1 Å². The van der Waals surface area contributed by atoms with Crippen molar-refractivity contribution in [2.75, 3.05) is 19.8 Å². The quantitative estimate of drug-likeness (QED) is 0.694. The number of carbonyl (C=O) groups is 1. The number of hydrogen-bond donors (Lipinski definition) is 2. The van der Waals surface area contributed by atoms with Crippen molar-refractivity contribution in [3.05, 3.63) is 0 Å². The Bertz CT molecular complexity index is 257. The van der Waals surface area contributed by atoms with Crippen molar-refractivity contribution in [1.29, 1.82) is 0 Å². The van der Waals surface area contributed by atoms with Gasteiger partial charge in [-0.15, -0.1) is 0 Å². The summed E-state index contributed by atoms with van der Waals surface area (Å²) in [5.74, 6) is 0.509. The first-order chi connectivity index (χ1) is 8.53. The Labute approximate surface area is 111 Å². The predicted molar refractivity (Wildman–Crippen MR) is 73.2 cm³/mol. The summed E-state index contributed by atoms with van der Waals surface area (Å²) >= 11 is 0. The number of amides is 1. The maximum absolute atomic E-state index is 12.1. The fourth-order valence-electron chi connectivity index (χ4n) is 2.37. The van der Waals surface area contributed by atoms with Crippen molar-refractivity contribution in [3.63, 3.8) is 0 Å². The zero-order valence-electron chi connectivity index (χ0n) is 12.0. The van der Waals surface area contributed by atoms with Crippen molar-refractivity contribution >= 4 is 5.91 Å². The van der Waals surface area contributed by atoms with Gasteiger partial charge in [-0.25, -0.2) is 0 Å². The molecule has 1 atom stereocenters. The number of nitrogens with one attached hydrogen (secondary N) is 1. The molecule has 0 saturated heterocycles. The van der Waals surface area contributed by atoms with E-state index in [4.69, 9.17) is 10.5 Å². The highest BCUT2D eigenvalue weighted by Gasteiger charge is 2.37. The first kappa shape index (κ1) is 15.4. The van der Waals surface area contributed by atoms with Gasteiger partial charge in [-0.3, -0.25) is 4.79 Å². The second-order valence-corrected chi connectivity index (χ2v) is 5.81. The first-order valence-corrected chi connectivity index (χ1v) is 7.10. The zero-order valence-corrected chi connectivity index (χ0v) is 12.0. The molecule has 0 radical (unpaired) electrons. The summed E-state index contributed by atoms with van der Waals surface area (Å²) in [6.07, 6.45) is 3.96. The van der Waals surface area contributed by atoms with Gasteiger partial charge in [0.1, 0.15) is 0 Å². The standard InChI is InChI=1S/C14H28N2O2/c1-4-18-9-12(11(2)3)16-13(17)8-14(10-15)6-5-7-14/h11-12H,4-10,15H2,1-3H3,(H,16,17). The number of nitrogens with two attached hydrogens (primary N) is 1. The fourth-order valence-corrected chi connectivity index (χ4v) is 2.37. The third-order valence-corrected chi connectivity index (χ3v) is 4.04. The number of carbonyl (C=O) groups excluding carboxylic acids is 1. The van der Waals surface area contributed by atoms with Crippen molar-refractivity contribution in [1.82, 2.24) is 5.32 Å². The van der Waals surface area contributed by atoms with Crippen LogP contribution in [0.4, 0.5) is 0 Å². The molecule has 1 rings (SSSR count). The Balaban J connectivity index is 2.40. The Morgan fingerprint density at radius 2 is 2.11 bits per heavy atom. The SMILES string of the molecule is CCOCC(NC(=O)CC1(CN)CCC1)C(C)C. The molecule has 1 fully saturated rings. The highest BCUT2D eigenvalue weighted by molar-refractivity contribution is 5.77. The van der Waals surface area contributed by atoms with Crippen LogP contribution in [0.1, 0.15) is 46.5 Å². The second-order valence-electron chi connectivity index (χ2n) is 5.81. The van der Waals surface area contributed by atoms with Crippen LogP contribution >= 0.6 is 0 Å².